The Bertz CT molecular complexity index is 138. The van der Waals surface area contributed by atoms with E-state index < -0.39 is 17.2 Å². The maximum atomic E-state index is 13.5. The highest BCUT2D eigenvalue weighted by atomic mass is 19.1. The molecule has 0 aromatic rings. The number of halogens is 1. The van der Waals surface area contributed by atoms with Gasteiger partial charge >= 0.3 is 0 Å². The topological polar surface area (TPSA) is 40.5 Å². The van der Waals surface area contributed by atoms with Crippen LogP contribution in [0.2, 0.25) is 0 Å². The molecule has 0 spiro atoms. The van der Waals surface area contributed by atoms with Crippen LogP contribution >= 0.6 is 0 Å². The van der Waals surface area contributed by atoms with Crippen LogP contribution in [0.4, 0.5) is 4.39 Å². The predicted molar refractivity (Wildman–Crippen MR) is 46.7 cm³/mol. The molecule has 1 atom stereocenters. The summed E-state index contributed by atoms with van der Waals surface area (Å²) >= 11 is 0. The van der Waals surface area contributed by atoms with Crippen LogP contribution in [0.25, 0.3) is 0 Å². The fourth-order valence-corrected chi connectivity index (χ4v) is 0.879. The SMILES string of the molecule is CC(C)(F)C(C)(C)C(O)CCO. The molecule has 0 fully saturated rings. The summed E-state index contributed by atoms with van der Waals surface area (Å²) in [5.41, 5.74) is -2.27. The number of rotatable bonds is 4. The third-order valence-corrected chi connectivity index (χ3v) is 2.77. The molecule has 0 bridgehead atoms. The van der Waals surface area contributed by atoms with Crippen LogP contribution in [0, 0.1) is 5.41 Å². The van der Waals surface area contributed by atoms with E-state index in [1.807, 2.05) is 0 Å². The highest BCUT2D eigenvalue weighted by Crippen LogP contribution is 2.38. The zero-order chi connectivity index (χ0) is 9.99. The molecule has 1 unspecified atom stereocenters. The fourth-order valence-electron chi connectivity index (χ4n) is 0.879. The second-order valence-corrected chi connectivity index (χ2v) is 4.22. The average molecular weight is 178 g/mol. The number of aliphatic hydroxyl groups excluding tert-OH is 2. The summed E-state index contributed by atoms with van der Waals surface area (Å²) in [6.07, 6.45) is -0.581. The molecule has 0 aromatic carbocycles. The highest BCUT2D eigenvalue weighted by molar-refractivity contribution is 4.91. The van der Waals surface area contributed by atoms with Crippen molar-refractivity contribution in [1.82, 2.24) is 0 Å². The van der Waals surface area contributed by atoms with E-state index in [9.17, 15) is 9.50 Å². The normalized spacial score (nSPS) is 16.2. The van der Waals surface area contributed by atoms with Gasteiger partial charge in [0.05, 0.1) is 6.10 Å². The summed E-state index contributed by atoms with van der Waals surface area (Å²) in [4.78, 5) is 0. The van der Waals surface area contributed by atoms with Crippen molar-refractivity contribution < 1.29 is 14.6 Å². The van der Waals surface area contributed by atoms with Gasteiger partial charge in [0.25, 0.3) is 0 Å². The van der Waals surface area contributed by atoms with E-state index in [0.717, 1.165) is 0 Å². The molecule has 2 N–H and O–H groups in total. The zero-order valence-corrected chi connectivity index (χ0v) is 8.26. The Balaban J connectivity index is 4.38. The molecule has 0 aliphatic heterocycles. The van der Waals surface area contributed by atoms with Crippen molar-refractivity contribution >= 4 is 0 Å². The van der Waals surface area contributed by atoms with Crippen molar-refractivity contribution in [2.24, 2.45) is 5.41 Å². The molecule has 0 heterocycles. The minimum Gasteiger partial charge on any atom is -0.396 e. The molecule has 0 aliphatic carbocycles. The van der Waals surface area contributed by atoms with Gasteiger partial charge in [0.2, 0.25) is 0 Å². The molecular weight excluding hydrogens is 159 g/mol. The van der Waals surface area contributed by atoms with Gasteiger partial charge in [-0.15, -0.1) is 0 Å². The molecule has 0 aromatic heterocycles. The largest absolute Gasteiger partial charge is 0.396 e. The first kappa shape index (κ1) is 11.8. The monoisotopic (exact) mass is 178 g/mol. The summed E-state index contributed by atoms with van der Waals surface area (Å²) in [6, 6.07) is 0. The van der Waals surface area contributed by atoms with Gasteiger partial charge in [0, 0.05) is 12.0 Å². The summed E-state index contributed by atoms with van der Waals surface area (Å²) in [7, 11) is 0. The van der Waals surface area contributed by atoms with Gasteiger partial charge in [-0.1, -0.05) is 13.8 Å². The van der Waals surface area contributed by atoms with Crippen molar-refractivity contribution in [2.75, 3.05) is 6.61 Å². The standard InChI is InChI=1S/C9H19FO2/c1-8(2,9(3,4)10)7(12)5-6-11/h7,11-12H,5-6H2,1-4H3. The van der Waals surface area contributed by atoms with Crippen molar-refractivity contribution in [2.45, 2.75) is 45.9 Å². The average Bonchev–Trinajstić information content (AvgIpc) is 1.85. The van der Waals surface area contributed by atoms with Crippen LogP contribution in [-0.2, 0) is 0 Å². The van der Waals surface area contributed by atoms with Gasteiger partial charge in [0.1, 0.15) is 5.67 Å². The molecule has 0 aliphatic rings. The molecule has 0 saturated heterocycles. The second kappa shape index (κ2) is 3.71. The lowest BCUT2D eigenvalue weighted by atomic mass is 9.73. The zero-order valence-electron chi connectivity index (χ0n) is 8.26. The summed E-state index contributed by atoms with van der Waals surface area (Å²) < 4.78 is 13.5. The first-order valence-electron chi connectivity index (χ1n) is 4.21. The van der Waals surface area contributed by atoms with Crippen molar-refractivity contribution in [3.63, 3.8) is 0 Å². The van der Waals surface area contributed by atoms with Crippen LogP contribution in [-0.4, -0.2) is 28.6 Å². The van der Waals surface area contributed by atoms with E-state index in [0.29, 0.717) is 0 Å². The third kappa shape index (κ3) is 2.42. The summed E-state index contributed by atoms with van der Waals surface area (Å²) in [5.74, 6) is 0. The maximum Gasteiger partial charge on any atom is 0.113 e. The summed E-state index contributed by atoms with van der Waals surface area (Å²) in [5, 5.41) is 18.1. The smallest absolute Gasteiger partial charge is 0.113 e. The van der Waals surface area contributed by atoms with Crippen LogP contribution in [0.3, 0.4) is 0 Å². The van der Waals surface area contributed by atoms with Gasteiger partial charge in [-0.05, 0) is 20.3 Å². The van der Waals surface area contributed by atoms with E-state index >= 15 is 0 Å². The molecule has 12 heavy (non-hydrogen) atoms. The number of hydrogen-bond acceptors (Lipinski definition) is 2. The molecule has 0 radical (unpaired) electrons. The first-order valence-corrected chi connectivity index (χ1v) is 4.21. The molecule has 2 nitrogen and oxygen atoms in total. The molecular formula is C9H19FO2. The maximum absolute atomic E-state index is 13.5. The van der Waals surface area contributed by atoms with Gasteiger partial charge in [-0.3, -0.25) is 0 Å². The van der Waals surface area contributed by atoms with E-state index in [2.05, 4.69) is 0 Å². The molecule has 0 amide bonds. The van der Waals surface area contributed by atoms with Crippen LogP contribution in [0.5, 0.6) is 0 Å². The van der Waals surface area contributed by atoms with E-state index in [1.165, 1.54) is 13.8 Å². The van der Waals surface area contributed by atoms with Gasteiger partial charge in [-0.2, -0.15) is 0 Å². The van der Waals surface area contributed by atoms with E-state index in [-0.39, 0.29) is 13.0 Å². The van der Waals surface area contributed by atoms with E-state index in [4.69, 9.17) is 5.11 Å². The highest BCUT2D eigenvalue weighted by Gasteiger charge is 2.42. The number of alkyl halides is 1. The quantitative estimate of drug-likeness (QED) is 0.685. The third-order valence-electron chi connectivity index (χ3n) is 2.77. The van der Waals surface area contributed by atoms with Crippen LogP contribution in [0.1, 0.15) is 34.1 Å². The van der Waals surface area contributed by atoms with E-state index in [1.54, 1.807) is 13.8 Å². The van der Waals surface area contributed by atoms with Crippen molar-refractivity contribution in [3.8, 4) is 0 Å². The fraction of sp³-hybridized carbons (Fsp3) is 1.00. The predicted octanol–water partition coefficient (Wildman–Crippen LogP) is 1.50. The Kier molecular flexibility index (Phi) is 3.66. The molecule has 74 valence electrons. The molecule has 0 rings (SSSR count). The Labute approximate surface area is 73.4 Å². The lowest BCUT2D eigenvalue weighted by Crippen LogP contribution is -2.44. The van der Waals surface area contributed by atoms with Gasteiger partial charge in [-0.25, -0.2) is 4.39 Å². The van der Waals surface area contributed by atoms with Crippen molar-refractivity contribution in [1.29, 1.82) is 0 Å². The Hall–Kier alpha value is -0.150. The van der Waals surface area contributed by atoms with Crippen LogP contribution in [0.15, 0.2) is 0 Å². The lowest BCUT2D eigenvalue weighted by Gasteiger charge is -2.38. The molecule has 3 heteroatoms. The minimum absolute atomic E-state index is 0.110. The second-order valence-electron chi connectivity index (χ2n) is 4.22. The summed E-state index contributed by atoms with van der Waals surface area (Å²) in [6.45, 7) is 6.09. The minimum atomic E-state index is -1.44. The van der Waals surface area contributed by atoms with Crippen molar-refractivity contribution in [3.05, 3.63) is 0 Å². The number of aliphatic hydroxyl groups is 2. The Morgan fingerprint density at radius 2 is 1.67 bits per heavy atom. The first-order chi connectivity index (χ1) is 5.23. The number of hydrogen-bond donors (Lipinski definition) is 2. The van der Waals surface area contributed by atoms with Crippen LogP contribution < -0.4 is 0 Å². The van der Waals surface area contributed by atoms with Gasteiger partial charge in [0.15, 0.2) is 0 Å². The Morgan fingerprint density at radius 3 is 1.92 bits per heavy atom. The lowest BCUT2D eigenvalue weighted by molar-refractivity contribution is -0.0630. The Morgan fingerprint density at radius 1 is 1.25 bits per heavy atom. The molecule has 0 saturated carbocycles. The van der Waals surface area contributed by atoms with Gasteiger partial charge < -0.3 is 10.2 Å².